The lowest BCUT2D eigenvalue weighted by Crippen LogP contribution is -2.13. The van der Waals surface area contributed by atoms with Gasteiger partial charge in [0.05, 0.1) is 0 Å². The quantitative estimate of drug-likeness (QED) is 0.926. The predicted octanol–water partition coefficient (Wildman–Crippen LogP) is 3.66. The summed E-state index contributed by atoms with van der Waals surface area (Å²) in [5, 5.41) is 3.41. The van der Waals surface area contributed by atoms with Crippen LogP contribution >= 0.6 is 11.6 Å². The minimum Gasteiger partial charge on any atom is -0.378 e. The first-order chi connectivity index (χ1) is 9.06. The van der Waals surface area contributed by atoms with Crippen LogP contribution in [-0.2, 0) is 0 Å². The molecule has 0 heterocycles. The highest BCUT2D eigenvalue weighted by molar-refractivity contribution is 6.30. The number of halogens is 1. The molecular formula is C15H15ClN2O. The first-order valence-corrected chi connectivity index (χ1v) is 6.28. The Morgan fingerprint density at radius 3 is 2.37 bits per heavy atom. The van der Waals surface area contributed by atoms with Crippen molar-refractivity contribution in [2.24, 2.45) is 0 Å². The molecule has 0 radical (unpaired) electrons. The Morgan fingerprint density at radius 2 is 1.79 bits per heavy atom. The van der Waals surface area contributed by atoms with Gasteiger partial charge in [-0.3, -0.25) is 4.79 Å². The number of amides is 1. The largest absolute Gasteiger partial charge is 0.378 e. The number of carbonyl (C=O) groups is 1. The third-order valence-corrected chi connectivity index (χ3v) is 2.96. The van der Waals surface area contributed by atoms with Gasteiger partial charge >= 0.3 is 0 Å². The zero-order valence-corrected chi connectivity index (χ0v) is 11.6. The summed E-state index contributed by atoms with van der Waals surface area (Å²) in [5.41, 5.74) is 2.36. The van der Waals surface area contributed by atoms with Gasteiger partial charge in [0.2, 0.25) is 0 Å². The van der Waals surface area contributed by atoms with E-state index in [0.29, 0.717) is 16.3 Å². The van der Waals surface area contributed by atoms with Crippen molar-refractivity contribution in [1.82, 2.24) is 0 Å². The van der Waals surface area contributed by atoms with Crippen molar-refractivity contribution in [3.63, 3.8) is 0 Å². The second-order valence-electron chi connectivity index (χ2n) is 4.41. The molecule has 2 aromatic rings. The number of nitrogens with one attached hydrogen (secondary N) is 1. The lowest BCUT2D eigenvalue weighted by atomic mass is 10.2. The van der Waals surface area contributed by atoms with Gasteiger partial charge in [0.15, 0.2) is 0 Å². The lowest BCUT2D eigenvalue weighted by molar-refractivity contribution is 0.102. The number of hydrogen-bond acceptors (Lipinski definition) is 2. The Kier molecular flexibility index (Phi) is 4.07. The van der Waals surface area contributed by atoms with Crippen molar-refractivity contribution in [3.8, 4) is 0 Å². The molecule has 0 fully saturated rings. The molecular weight excluding hydrogens is 260 g/mol. The van der Waals surface area contributed by atoms with Gasteiger partial charge in [0.25, 0.3) is 5.91 Å². The van der Waals surface area contributed by atoms with Gasteiger partial charge in [-0.05, 0) is 42.5 Å². The summed E-state index contributed by atoms with van der Waals surface area (Å²) in [6.07, 6.45) is 0. The summed E-state index contributed by atoms with van der Waals surface area (Å²) < 4.78 is 0. The summed E-state index contributed by atoms with van der Waals surface area (Å²) in [4.78, 5) is 14.0. The van der Waals surface area contributed by atoms with Crippen LogP contribution in [0.4, 0.5) is 11.4 Å². The van der Waals surface area contributed by atoms with Crippen LogP contribution in [0.15, 0.2) is 48.5 Å². The minimum atomic E-state index is -0.146. The van der Waals surface area contributed by atoms with E-state index in [9.17, 15) is 4.79 Å². The first-order valence-electron chi connectivity index (χ1n) is 5.90. The highest BCUT2D eigenvalue weighted by Gasteiger charge is 2.06. The molecule has 0 aliphatic carbocycles. The van der Waals surface area contributed by atoms with Crippen molar-refractivity contribution in [2.45, 2.75) is 0 Å². The maximum absolute atomic E-state index is 12.0. The third-order valence-electron chi connectivity index (χ3n) is 2.73. The van der Waals surface area contributed by atoms with E-state index in [1.54, 1.807) is 36.4 Å². The van der Waals surface area contributed by atoms with E-state index in [1.165, 1.54) is 0 Å². The topological polar surface area (TPSA) is 32.3 Å². The second-order valence-corrected chi connectivity index (χ2v) is 4.84. The molecule has 0 spiro atoms. The Balaban J connectivity index is 2.11. The fourth-order valence-corrected chi connectivity index (χ4v) is 1.87. The van der Waals surface area contributed by atoms with Gasteiger partial charge in [-0.15, -0.1) is 0 Å². The van der Waals surface area contributed by atoms with Crippen LogP contribution < -0.4 is 10.2 Å². The molecule has 0 bridgehead atoms. The number of nitrogens with zero attached hydrogens (tertiary/aromatic N) is 1. The molecule has 3 nitrogen and oxygen atoms in total. The van der Waals surface area contributed by atoms with Crippen molar-refractivity contribution >= 4 is 28.9 Å². The average Bonchev–Trinajstić information content (AvgIpc) is 2.39. The van der Waals surface area contributed by atoms with E-state index in [0.717, 1.165) is 5.69 Å². The van der Waals surface area contributed by atoms with Gasteiger partial charge in [-0.1, -0.05) is 17.7 Å². The summed E-state index contributed by atoms with van der Waals surface area (Å²) in [6.45, 7) is 0. The molecule has 0 aliphatic rings. The zero-order valence-electron chi connectivity index (χ0n) is 10.9. The van der Waals surface area contributed by atoms with Gasteiger partial charge in [0.1, 0.15) is 0 Å². The number of carbonyl (C=O) groups excluding carboxylic acids is 1. The van der Waals surface area contributed by atoms with Gasteiger partial charge in [0, 0.05) is 36.1 Å². The van der Waals surface area contributed by atoms with Crippen molar-refractivity contribution in [1.29, 1.82) is 0 Å². The smallest absolute Gasteiger partial charge is 0.255 e. The number of anilines is 2. The molecule has 0 saturated heterocycles. The van der Waals surface area contributed by atoms with Gasteiger partial charge in [-0.2, -0.15) is 0 Å². The molecule has 0 unspecified atom stereocenters. The van der Waals surface area contributed by atoms with E-state index in [-0.39, 0.29) is 5.91 Å². The molecule has 4 heteroatoms. The van der Waals surface area contributed by atoms with E-state index >= 15 is 0 Å². The summed E-state index contributed by atoms with van der Waals surface area (Å²) in [7, 11) is 3.92. The fourth-order valence-electron chi connectivity index (χ4n) is 1.68. The maximum Gasteiger partial charge on any atom is 0.255 e. The number of benzene rings is 2. The number of hydrogen-bond donors (Lipinski definition) is 1. The van der Waals surface area contributed by atoms with Crippen molar-refractivity contribution in [2.75, 3.05) is 24.3 Å². The van der Waals surface area contributed by atoms with E-state index in [2.05, 4.69) is 5.32 Å². The summed E-state index contributed by atoms with van der Waals surface area (Å²) in [6, 6.07) is 14.5. The Bertz CT molecular complexity index is 579. The van der Waals surface area contributed by atoms with Gasteiger partial charge in [-0.25, -0.2) is 0 Å². The molecule has 2 aromatic carbocycles. The normalized spacial score (nSPS) is 10.1. The molecule has 19 heavy (non-hydrogen) atoms. The average molecular weight is 275 g/mol. The van der Waals surface area contributed by atoms with Crippen molar-refractivity contribution in [3.05, 3.63) is 59.1 Å². The Hall–Kier alpha value is -2.00. The first kappa shape index (κ1) is 13.4. The summed E-state index contributed by atoms with van der Waals surface area (Å²) >= 11 is 5.87. The SMILES string of the molecule is CN(C)c1ccc(C(=O)Nc2cccc(Cl)c2)cc1. The molecule has 0 aromatic heterocycles. The van der Waals surface area contributed by atoms with Crippen LogP contribution in [0.25, 0.3) is 0 Å². The molecule has 98 valence electrons. The molecule has 0 aliphatic heterocycles. The Labute approximate surface area is 117 Å². The van der Waals surface area contributed by atoms with E-state index in [1.807, 2.05) is 31.1 Å². The number of rotatable bonds is 3. The predicted molar refractivity (Wildman–Crippen MR) is 80.2 cm³/mol. The van der Waals surface area contributed by atoms with Crippen molar-refractivity contribution < 1.29 is 4.79 Å². The molecule has 2 rings (SSSR count). The van der Waals surface area contributed by atoms with Crippen LogP contribution in [0.5, 0.6) is 0 Å². The minimum absolute atomic E-state index is 0.146. The Morgan fingerprint density at radius 1 is 1.11 bits per heavy atom. The maximum atomic E-state index is 12.0. The molecule has 0 atom stereocenters. The standard InChI is InChI=1S/C15H15ClN2O/c1-18(2)14-8-6-11(7-9-14)15(19)17-13-5-3-4-12(16)10-13/h3-10H,1-2H3,(H,17,19). The fraction of sp³-hybridized carbons (Fsp3) is 0.133. The van der Waals surface area contributed by atoms with Crippen LogP contribution in [0, 0.1) is 0 Å². The van der Waals surface area contributed by atoms with Crippen LogP contribution in [0.2, 0.25) is 5.02 Å². The highest BCUT2D eigenvalue weighted by Crippen LogP contribution is 2.17. The molecule has 0 saturated carbocycles. The van der Waals surface area contributed by atoms with Crippen LogP contribution in [0.1, 0.15) is 10.4 Å². The summed E-state index contributed by atoms with van der Waals surface area (Å²) in [5.74, 6) is -0.146. The van der Waals surface area contributed by atoms with E-state index < -0.39 is 0 Å². The highest BCUT2D eigenvalue weighted by atomic mass is 35.5. The van der Waals surface area contributed by atoms with Crippen LogP contribution in [-0.4, -0.2) is 20.0 Å². The second kappa shape index (κ2) is 5.76. The van der Waals surface area contributed by atoms with Crippen LogP contribution in [0.3, 0.4) is 0 Å². The molecule has 1 amide bonds. The van der Waals surface area contributed by atoms with Gasteiger partial charge < -0.3 is 10.2 Å². The third kappa shape index (κ3) is 3.48. The monoisotopic (exact) mass is 274 g/mol. The zero-order chi connectivity index (χ0) is 13.8. The lowest BCUT2D eigenvalue weighted by Gasteiger charge is -2.12. The van der Waals surface area contributed by atoms with E-state index in [4.69, 9.17) is 11.6 Å². The molecule has 1 N–H and O–H groups in total.